The molecule has 4 aromatic rings. The van der Waals surface area contributed by atoms with Crippen molar-refractivity contribution in [1.82, 2.24) is 15.3 Å². The molecule has 1 aliphatic rings. The molecule has 0 aliphatic carbocycles. The van der Waals surface area contributed by atoms with Crippen LogP contribution < -0.4 is 26.6 Å². The summed E-state index contributed by atoms with van der Waals surface area (Å²) in [5.74, 6) is -0.633. The monoisotopic (exact) mass is 603 g/mol. The smallest absolute Gasteiger partial charge is 0.381 e. The van der Waals surface area contributed by atoms with Gasteiger partial charge in [-0.25, -0.2) is 4.98 Å². The molecule has 8 nitrogen and oxygen atoms in total. The van der Waals surface area contributed by atoms with E-state index in [2.05, 4.69) is 50.2 Å². The number of alkyl halides is 3. The number of amides is 1. The fourth-order valence-electron chi connectivity index (χ4n) is 5.42. The zero-order chi connectivity index (χ0) is 31.3. The van der Waals surface area contributed by atoms with Gasteiger partial charge in [-0.2, -0.15) is 18.2 Å². The van der Waals surface area contributed by atoms with Crippen molar-refractivity contribution in [2.45, 2.75) is 51.4 Å². The summed E-state index contributed by atoms with van der Waals surface area (Å²) in [7, 11) is 0. The molecule has 1 aromatic heterocycles. The van der Waals surface area contributed by atoms with E-state index in [0.717, 1.165) is 30.5 Å². The number of rotatable bonds is 10. The Labute approximate surface area is 254 Å². The summed E-state index contributed by atoms with van der Waals surface area (Å²) in [5, 5.41) is 9.96. The number of nitrogens with two attached hydrogens (primary N) is 1. The van der Waals surface area contributed by atoms with Crippen LogP contribution >= 0.6 is 0 Å². The van der Waals surface area contributed by atoms with E-state index in [0.29, 0.717) is 18.2 Å². The van der Waals surface area contributed by atoms with Gasteiger partial charge >= 0.3 is 6.18 Å². The first-order valence-corrected chi connectivity index (χ1v) is 14.6. The number of hydrogen-bond acceptors (Lipinski definition) is 7. The third-order valence-corrected chi connectivity index (χ3v) is 7.61. The summed E-state index contributed by atoms with van der Waals surface area (Å²) < 4.78 is 42.4. The van der Waals surface area contributed by atoms with Crippen molar-refractivity contribution in [1.29, 1.82) is 0 Å². The van der Waals surface area contributed by atoms with E-state index < -0.39 is 23.7 Å². The van der Waals surface area contributed by atoms with E-state index in [9.17, 15) is 18.0 Å². The minimum atomic E-state index is -4.73. The van der Waals surface area contributed by atoms with Crippen LogP contribution in [0.25, 0.3) is 0 Å². The Bertz CT molecular complexity index is 1590. The molecule has 44 heavy (non-hydrogen) atoms. The predicted molar refractivity (Wildman–Crippen MR) is 168 cm³/mol. The first-order chi connectivity index (χ1) is 21.1. The molecule has 3 aromatic carbocycles. The highest BCUT2D eigenvalue weighted by molar-refractivity contribution is 5.99. The molecular weight excluding hydrogens is 567 g/mol. The Hall–Kier alpha value is -4.64. The van der Waals surface area contributed by atoms with Crippen LogP contribution in [0.3, 0.4) is 0 Å². The Morgan fingerprint density at radius 3 is 2.52 bits per heavy atom. The van der Waals surface area contributed by atoms with Gasteiger partial charge in [0.25, 0.3) is 5.91 Å². The van der Waals surface area contributed by atoms with Crippen molar-refractivity contribution in [3.05, 3.63) is 101 Å². The van der Waals surface area contributed by atoms with Gasteiger partial charge in [-0.1, -0.05) is 36.4 Å². The predicted octanol–water partition coefficient (Wildman–Crippen LogP) is 6.96. The number of piperidine rings is 1. The van der Waals surface area contributed by atoms with Gasteiger partial charge < -0.3 is 26.6 Å². The number of carbonyl (C=O) groups excluding carboxylic acids is 1. The van der Waals surface area contributed by atoms with Crippen LogP contribution in [0.4, 0.5) is 42.0 Å². The summed E-state index contributed by atoms with van der Waals surface area (Å²) in [4.78, 5) is 21.7. The maximum Gasteiger partial charge on any atom is 0.421 e. The fourth-order valence-corrected chi connectivity index (χ4v) is 5.42. The van der Waals surface area contributed by atoms with Gasteiger partial charge in [0, 0.05) is 36.7 Å². The third kappa shape index (κ3) is 7.28. The van der Waals surface area contributed by atoms with Crippen LogP contribution in [0.5, 0.6) is 0 Å². The van der Waals surface area contributed by atoms with Crippen LogP contribution in [-0.4, -0.2) is 35.0 Å². The lowest BCUT2D eigenvalue weighted by atomic mass is 9.91. The number of nitrogens with zero attached hydrogens (tertiary/aromatic N) is 3. The van der Waals surface area contributed by atoms with Crippen LogP contribution in [0.15, 0.2) is 79.0 Å². The number of primary amides is 1. The van der Waals surface area contributed by atoms with Gasteiger partial charge in [0.15, 0.2) is 5.82 Å². The molecule has 1 saturated heterocycles. The number of halogens is 3. The number of anilines is 5. The summed E-state index contributed by atoms with van der Waals surface area (Å²) in [6, 6.07) is 21.8. The minimum absolute atomic E-state index is 0.0184. The maximum absolute atomic E-state index is 14.1. The standard InChI is InChI=1S/C33H36F3N7O/c1-21(2)43(29-11-4-3-10-27(29)30(37)44)31-28(33(34,35)36)20-40-32(42-31)41-25-14-12-22(13-15-25)18-39-26-9-5-7-23(17-26)24-8-6-16-38-19-24/h3-5,7,9-15,17,20-21,24,38-39H,6,8,16,18-19H2,1-2H3,(H2,37,44)(H,40,41,42). The summed E-state index contributed by atoms with van der Waals surface area (Å²) in [5.41, 5.74) is 8.85. The zero-order valence-electron chi connectivity index (χ0n) is 24.7. The van der Waals surface area contributed by atoms with Crippen LogP contribution in [0.2, 0.25) is 0 Å². The van der Waals surface area contributed by atoms with E-state index in [-0.39, 0.29) is 23.0 Å². The number of aromatic nitrogens is 2. The van der Waals surface area contributed by atoms with Crippen molar-refractivity contribution < 1.29 is 18.0 Å². The minimum Gasteiger partial charge on any atom is -0.381 e. The average molecular weight is 604 g/mol. The van der Waals surface area contributed by atoms with Gasteiger partial charge in [0.1, 0.15) is 5.56 Å². The average Bonchev–Trinajstić information content (AvgIpc) is 3.01. The topological polar surface area (TPSA) is 108 Å². The van der Waals surface area contributed by atoms with Crippen molar-refractivity contribution in [3.8, 4) is 0 Å². The van der Waals surface area contributed by atoms with Crippen molar-refractivity contribution in [2.75, 3.05) is 28.6 Å². The molecule has 2 heterocycles. The molecular formula is C33H36F3N7O. The van der Waals surface area contributed by atoms with Gasteiger partial charge in [0.2, 0.25) is 5.95 Å². The zero-order valence-corrected chi connectivity index (χ0v) is 24.7. The number of carbonyl (C=O) groups is 1. The number of nitrogens with one attached hydrogen (secondary N) is 3. The Kier molecular flexibility index (Phi) is 9.34. The molecule has 5 N–H and O–H groups in total. The van der Waals surface area contributed by atoms with Crippen LogP contribution in [0.1, 0.15) is 59.7 Å². The van der Waals surface area contributed by atoms with E-state index >= 15 is 0 Å². The highest BCUT2D eigenvalue weighted by atomic mass is 19.4. The molecule has 0 bridgehead atoms. The Balaban J connectivity index is 1.34. The second-order valence-corrected chi connectivity index (χ2v) is 11.1. The second kappa shape index (κ2) is 13.3. The van der Waals surface area contributed by atoms with E-state index in [4.69, 9.17) is 5.73 Å². The molecule has 1 atom stereocenters. The number of hydrogen-bond donors (Lipinski definition) is 4. The molecule has 230 valence electrons. The molecule has 1 amide bonds. The molecule has 1 unspecified atom stereocenters. The van der Waals surface area contributed by atoms with E-state index in [1.165, 1.54) is 29.4 Å². The van der Waals surface area contributed by atoms with Gasteiger partial charge in [-0.05, 0) is 86.7 Å². The van der Waals surface area contributed by atoms with Gasteiger partial charge in [0.05, 0.1) is 11.3 Å². The lowest BCUT2D eigenvalue weighted by Crippen LogP contribution is -2.31. The SMILES string of the molecule is CC(C)N(c1ccccc1C(N)=O)c1nc(Nc2ccc(CNc3cccc(C4CCCNC4)c3)cc2)ncc1C(F)(F)F. The maximum atomic E-state index is 14.1. The first kappa shape index (κ1) is 30.8. The van der Waals surface area contributed by atoms with Crippen LogP contribution in [-0.2, 0) is 12.7 Å². The van der Waals surface area contributed by atoms with Crippen LogP contribution in [0, 0.1) is 0 Å². The third-order valence-electron chi connectivity index (χ3n) is 7.61. The quantitative estimate of drug-likeness (QED) is 0.155. The van der Waals surface area contributed by atoms with Crippen molar-refractivity contribution in [2.24, 2.45) is 5.73 Å². The van der Waals surface area contributed by atoms with Crippen molar-refractivity contribution in [3.63, 3.8) is 0 Å². The molecule has 1 aliphatic heterocycles. The first-order valence-electron chi connectivity index (χ1n) is 14.6. The summed E-state index contributed by atoms with van der Waals surface area (Å²) in [6.45, 7) is 6.11. The molecule has 0 radical (unpaired) electrons. The van der Waals surface area contributed by atoms with Gasteiger partial charge in [-0.15, -0.1) is 0 Å². The molecule has 11 heteroatoms. The van der Waals surface area contributed by atoms with E-state index in [1.54, 1.807) is 32.0 Å². The van der Waals surface area contributed by atoms with Crippen molar-refractivity contribution >= 4 is 34.7 Å². The fraction of sp³-hybridized carbons (Fsp3) is 0.303. The molecule has 5 rings (SSSR count). The van der Waals surface area contributed by atoms with Gasteiger partial charge in [-0.3, -0.25) is 4.79 Å². The lowest BCUT2D eigenvalue weighted by Gasteiger charge is -2.31. The Morgan fingerprint density at radius 2 is 1.84 bits per heavy atom. The number of para-hydroxylation sites is 1. The summed E-state index contributed by atoms with van der Waals surface area (Å²) in [6.07, 6.45) is -1.61. The lowest BCUT2D eigenvalue weighted by molar-refractivity contribution is -0.137. The highest BCUT2D eigenvalue weighted by Gasteiger charge is 2.38. The molecule has 1 fully saturated rings. The molecule has 0 saturated carbocycles. The largest absolute Gasteiger partial charge is 0.421 e. The molecule has 0 spiro atoms. The number of benzene rings is 3. The van der Waals surface area contributed by atoms with E-state index in [1.807, 2.05) is 24.3 Å². The Morgan fingerprint density at radius 1 is 1.07 bits per heavy atom. The second-order valence-electron chi connectivity index (χ2n) is 11.1. The normalized spacial score (nSPS) is 15.2. The summed E-state index contributed by atoms with van der Waals surface area (Å²) >= 11 is 0. The highest BCUT2D eigenvalue weighted by Crippen LogP contribution is 2.40.